The maximum Gasteiger partial charge on any atom is 0.446 e. The number of rotatable bonds is 9. The molecule has 4 aromatic rings. The predicted molar refractivity (Wildman–Crippen MR) is 134 cm³/mol. The van der Waals surface area contributed by atoms with Crippen LogP contribution in [0.25, 0.3) is 10.9 Å². The first kappa shape index (κ1) is 24.9. The van der Waals surface area contributed by atoms with Crippen LogP contribution in [0.3, 0.4) is 0 Å². The van der Waals surface area contributed by atoms with Gasteiger partial charge in [0.2, 0.25) is 5.91 Å². The smallest absolute Gasteiger partial charge is 0.361 e. The molecule has 1 heterocycles. The summed E-state index contributed by atoms with van der Waals surface area (Å²) < 4.78 is 38.4. The van der Waals surface area contributed by atoms with Crippen molar-refractivity contribution in [3.8, 4) is 0 Å². The van der Waals surface area contributed by atoms with E-state index in [-0.39, 0.29) is 35.2 Å². The molecule has 0 spiro atoms. The van der Waals surface area contributed by atoms with Crippen molar-refractivity contribution in [3.05, 3.63) is 102 Å². The van der Waals surface area contributed by atoms with Gasteiger partial charge in [0, 0.05) is 28.5 Å². The summed E-state index contributed by atoms with van der Waals surface area (Å²) in [5, 5.41) is 7.37. The van der Waals surface area contributed by atoms with Crippen LogP contribution in [0.5, 0.6) is 0 Å². The Bertz CT molecular complexity index is 1270. The van der Waals surface area contributed by atoms with Gasteiger partial charge >= 0.3 is 5.51 Å². The minimum atomic E-state index is -4.35. The van der Waals surface area contributed by atoms with Crippen molar-refractivity contribution in [2.45, 2.75) is 42.4 Å². The number of thioether (sulfide) groups is 1. The van der Waals surface area contributed by atoms with Crippen molar-refractivity contribution >= 4 is 28.6 Å². The average molecular weight is 498 g/mol. The van der Waals surface area contributed by atoms with Gasteiger partial charge < -0.3 is 15.6 Å². The number of nitrogens with one attached hydrogen (secondary N) is 3. The van der Waals surface area contributed by atoms with Crippen molar-refractivity contribution in [1.29, 1.82) is 0 Å². The summed E-state index contributed by atoms with van der Waals surface area (Å²) in [5.74, 6) is -0.174. The molecule has 2 atom stereocenters. The standard InChI is InChI=1S/C27H26F3N3OS/c1-18(20-9-3-2-4-10-20)33-26(34)25(15-21-17-32-24-13-6-5-12-23(21)24)31-16-19-8-7-11-22(14-19)35-27(28,29)30/h2-14,17-18,25,31-32H,15-16H2,1H3,(H,33,34). The van der Waals surface area contributed by atoms with Gasteiger partial charge in [-0.3, -0.25) is 4.79 Å². The van der Waals surface area contributed by atoms with Crippen molar-refractivity contribution in [2.75, 3.05) is 0 Å². The van der Waals surface area contributed by atoms with Crippen LogP contribution in [0.15, 0.2) is 90.0 Å². The summed E-state index contributed by atoms with van der Waals surface area (Å²) in [4.78, 5) is 16.7. The Kier molecular flexibility index (Phi) is 7.83. The Labute approximate surface area is 206 Å². The number of aromatic nitrogens is 1. The van der Waals surface area contributed by atoms with E-state index < -0.39 is 11.6 Å². The van der Waals surface area contributed by atoms with E-state index in [1.165, 1.54) is 12.1 Å². The zero-order chi connectivity index (χ0) is 24.8. The monoisotopic (exact) mass is 497 g/mol. The third-order valence-corrected chi connectivity index (χ3v) is 6.48. The molecule has 182 valence electrons. The molecule has 0 aliphatic heterocycles. The molecule has 4 rings (SSSR count). The van der Waals surface area contributed by atoms with Gasteiger partial charge in [-0.25, -0.2) is 0 Å². The highest BCUT2D eigenvalue weighted by atomic mass is 32.2. The Hall–Kier alpha value is -3.23. The van der Waals surface area contributed by atoms with Crippen molar-refractivity contribution in [1.82, 2.24) is 15.6 Å². The number of hydrogen-bond donors (Lipinski definition) is 3. The van der Waals surface area contributed by atoms with E-state index in [9.17, 15) is 18.0 Å². The van der Waals surface area contributed by atoms with Gasteiger partial charge in [-0.05, 0) is 60.0 Å². The molecular formula is C27H26F3N3OS. The molecule has 0 aliphatic rings. The number of hydrogen-bond acceptors (Lipinski definition) is 3. The molecular weight excluding hydrogens is 471 g/mol. The Morgan fingerprint density at radius 2 is 1.74 bits per heavy atom. The second-order valence-electron chi connectivity index (χ2n) is 8.33. The van der Waals surface area contributed by atoms with Crippen LogP contribution in [0.4, 0.5) is 13.2 Å². The second-order valence-corrected chi connectivity index (χ2v) is 9.47. The maximum atomic E-state index is 13.3. The van der Waals surface area contributed by atoms with Crippen LogP contribution in [-0.2, 0) is 17.8 Å². The molecule has 0 fully saturated rings. The van der Waals surface area contributed by atoms with Crippen LogP contribution in [-0.4, -0.2) is 22.4 Å². The number of halogens is 3. The Morgan fingerprint density at radius 1 is 1.00 bits per heavy atom. The lowest BCUT2D eigenvalue weighted by molar-refractivity contribution is -0.123. The summed E-state index contributed by atoms with van der Waals surface area (Å²) in [5.41, 5.74) is -0.717. The quantitative estimate of drug-likeness (QED) is 0.236. The number of carbonyl (C=O) groups excluding carboxylic acids is 1. The third kappa shape index (κ3) is 6.90. The van der Waals surface area contributed by atoms with Crippen molar-refractivity contribution in [3.63, 3.8) is 0 Å². The van der Waals surface area contributed by atoms with E-state index in [0.29, 0.717) is 12.0 Å². The first-order valence-corrected chi connectivity index (χ1v) is 12.1. The van der Waals surface area contributed by atoms with Gasteiger partial charge in [0.15, 0.2) is 0 Å². The van der Waals surface area contributed by atoms with E-state index >= 15 is 0 Å². The lowest BCUT2D eigenvalue weighted by Gasteiger charge is -2.22. The molecule has 4 nitrogen and oxygen atoms in total. The first-order valence-electron chi connectivity index (χ1n) is 11.3. The Morgan fingerprint density at radius 3 is 2.51 bits per heavy atom. The zero-order valence-electron chi connectivity index (χ0n) is 19.1. The zero-order valence-corrected chi connectivity index (χ0v) is 19.9. The maximum absolute atomic E-state index is 13.3. The molecule has 0 bridgehead atoms. The van der Waals surface area contributed by atoms with Crippen LogP contribution >= 0.6 is 11.8 Å². The van der Waals surface area contributed by atoms with Gasteiger partial charge in [-0.15, -0.1) is 0 Å². The minimum Gasteiger partial charge on any atom is -0.361 e. The number of fused-ring (bicyclic) bond motifs is 1. The van der Waals surface area contributed by atoms with Gasteiger partial charge in [0.05, 0.1) is 12.1 Å². The van der Waals surface area contributed by atoms with E-state index in [4.69, 9.17) is 0 Å². The third-order valence-electron chi connectivity index (χ3n) is 5.76. The summed E-state index contributed by atoms with van der Waals surface area (Å²) in [7, 11) is 0. The molecule has 8 heteroatoms. The molecule has 3 aromatic carbocycles. The van der Waals surface area contributed by atoms with E-state index in [1.54, 1.807) is 12.1 Å². The first-order chi connectivity index (χ1) is 16.8. The van der Waals surface area contributed by atoms with Crippen LogP contribution in [0.2, 0.25) is 0 Å². The molecule has 0 saturated heterocycles. The van der Waals surface area contributed by atoms with E-state index in [2.05, 4.69) is 15.6 Å². The topological polar surface area (TPSA) is 56.9 Å². The lowest BCUT2D eigenvalue weighted by atomic mass is 10.0. The number of aromatic amines is 1. The highest BCUT2D eigenvalue weighted by Gasteiger charge is 2.29. The van der Waals surface area contributed by atoms with Gasteiger partial charge in [0.1, 0.15) is 0 Å². The molecule has 2 unspecified atom stereocenters. The number of carbonyl (C=O) groups is 1. The fraction of sp³-hybridized carbons (Fsp3) is 0.222. The molecule has 0 aliphatic carbocycles. The van der Waals surface area contributed by atoms with Gasteiger partial charge in [0.25, 0.3) is 0 Å². The highest BCUT2D eigenvalue weighted by Crippen LogP contribution is 2.37. The number of para-hydroxylation sites is 1. The summed E-state index contributed by atoms with van der Waals surface area (Å²) >= 11 is -0.145. The fourth-order valence-corrected chi connectivity index (χ4v) is 4.63. The Balaban J connectivity index is 1.52. The predicted octanol–water partition coefficient (Wildman–Crippen LogP) is 6.36. The number of H-pyrrole nitrogens is 1. The van der Waals surface area contributed by atoms with Crippen LogP contribution in [0, 0.1) is 0 Å². The molecule has 1 aromatic heterocycles. The summed E-state index contributed by atoms with van der Waals surface area (Å²) in [6, 6.07) is 23.0. The lowest BCUT2D eigenvalue weighted by Crippen LogP contribution is -2.46. The SMILES string of the molecule is CC(NC(=O)C(Cc1c[nH]c2ccccc12)NCc1cccc(SC(F)(F)F)c1)c1ccccc1. The molecule has 3 N–H and O–H groups in total. The second kappa shape index (κ2) is 11.0. The normalized spacial score (nSPS) is 13.5. The minimum absolute atomic E-state index is 0.118. The number of alkyl halides is 3. The van der Waals surface area contributed by atoms with Gasteiger partial charge in [-0.1, -0.05) is 60.7 Å². The van der Waals surface area contributed by atoms with Crippen molar-refractivity contribution < 1.29 is 18.0 Å². The average Bonchev–Trinajstić information content (AvgIpc) is 3.24. The van der Waals surface area contributed by atoms with Crippen LogP contribution < -0.4 is 10.6 Å². The largest absolute Gasteiger partial charge is 0.446 e. The molecule has 35 heavy (non-hydrogen) atoms. The van der Waals surface area contributed by atoms with E-state index in [1.807, 2.05) is 67.7 Å². The summed E-state index contributed by atoms with van der Waals surface area (Å²) in [6.45, 7) is 2.18. The van der Waals surface area contributed by atoms with Gasteiger partial charge in [-0.2, -0.15) is 13.2 Å². The highest BCUT2D eigenvalue weighted by molar-refractivity contribution is 8.00. The van der Waals surface area contributed by atoms with Crippen molar-refractivity contribution in [2.24, 2.45) is 0 Å². The molecule has 0 saturated carbocycles. The fourth-order valence-electron chi connectivity index (χ4n) is 4.01. The molecule has 0 radical (unpaired) electrons. The number of amides is 1. The summed E-state index contributed by atoms with van der Waals surface area (Å²) in [6.07, 6.45) is 2.32. The van der Waals surface area contributed by atoms with Crippen LogP contribution in [0.1, 0.15) is 29.7 Å². The molecule has 1 amide bonds. The number of benzene rings is 3. The van der Waals surface area contributed by atoms with E-state index in [0.717, 1.165) is 22.0 Å².